The number of halogens is 5. The smallest absolute Gasteiger partial charge is 0.387 e. The summed E-state index contributed by atoms with van der Waals surface area (Å²) >= 11 is 0. The van der Waals surface area contributed by atoms with Crippen LogP contribution in [0.5, 0.6) is 5.75 Å². The lowest BCUT2D eigenvalue weighted by Gasteiger charge is -2.12. The quantitative estimate of drug-likeness (QED) is 0.706. The first-order valence-electron chi connectivity index (χ1n) is 8.27. The molecule has 5 nitrogen and oxygen atoms in total. The maximum absolute atomic E-state index is 14.1. The van der Waals surface area contributed by atoms with Gasteiger partial charge in [-0.3, -0.25) is 9.78 Å². The number of amides is 1. The number of rotatable bonds is 6. The van der Waals surface area contributed by atoms with Crippen LogP contribution in [-0.4, -0.2) is 36.3 Å². The summed E-state index contributed by atoms with van der Waals surface area (Å²) in [4.78, 5) is 15.9. The van der Waals surface area contributed by atoms with Crippen LogP contribution in [-0.2, 0) is 11.3 Å². The summed E-state index contributed by atoms with van der Waals surface area (Å²) in [5.41, 5.74) is 1.06. The lowest BCUT2D eigenvalue weighted by atomic mass is 10.1. The van der Waals surface area contributed by atoms with Crippen molar-refractivity contribution >= 4 is 18.3 Å². The van der Waals surface area contributed by atoms with Gasteiger partial charge >= 0.3 is 6.61 Å². The Morgan fingerprint density at radius 3 is 2.64 bits per heavy atom. The summed E-state index contributed by atoms with van der Waals surface area (Å²) in [5.74, 6) is -0.979. The van der Waals surface area contributed by atoms with E-state index in [0.717, 1.165) is 6.20 Å². The van der Waals surface area contributed by atoms with E-state index in [-0.39, 0.29) is 49.1 Å². The molecule has 2 N–H and O–H groups in total. The van der Waals surface area contributed by atoms with Gasteiger partial charge < -0.3 is 15.4 Å². The molecule has 0 bridgehead atoms. The predicted octanol–water partition coefficient (Wildman–Crippen LogP) is 3.23. The van der Waals surface area contributed by atoms with Crippen LogP contribution in [0.4, 0.5) is 17.6 Å². The molecule has 1 saturated heterocycles. The maximum atomic E-state index is 14.1. The Kier molecular flexibility index (Phi) is 7.59. The van der Waals surface area contributed by atoms with Gasteiger partial charge in [-0.05, 0) is 23.8 Å². The molecule has 1 aliphatic heterocycles. The molecule has 1 aliphatic rings. The number of hydrogen-bond donors (Lipinski definition) is 2. The van der Waals surface area contributed by atoms with Gasteiger partial charge in [0, 0.05) is 18.5 Å². The number of nitrogens with zero attached hydrogens (tertiary/aromatic N) is 1. The second-order valence-electron chi connectivity index (χ2n) is 6.07. The molecule has 10 heteroatoms. The Balaban J connectivity index is 0.00000280. The zero-order chi connectivity index (χ0) is 19.4. The molecule has 2 unspecified atom stereocenters. The maximum Gasteiger partial charge on any atom is 0.387 e. The molecule has 1 amide bonds. The minimum Gasteiger partial charge on any atom is -0.435 e. The number of carbonyl (C=O) groups excluding carboxylic acids is 1. The summed E-state index contributed by atoms with van der Waals surface area (Å²) in [7, 11) is 0. The molecular weight excluding hydrogens is 402 g/mol. The van der Waals surface area contributed by atoms with Crippen molar-refractivity contribution in [3.63, 3.8) is 0 Å². The summed E-state index contributed by atoms with van der Waals surface area (Å²) in [6.07, 6.45) is 0.0839. The number of aromatic nitrogens is 1. The second kappa shape index (κ2) is 9.70. The van der Waals surface area contributed by atoms with Crippen LogP contribution >= 0.6 is 12.4 Å². The van der Waals surface area contributed by atoms with Gasteiger partial charge in [0.05, 0.1) is 24.5 Å². The third kappa shape index (κ3) is 5.56. The van der Waals surface area contributed by atoms with Crippen molar-refractivity contribution in [2.75, 3.05) is 6.54 Å². The zero-order valence-corrected chi connectivity index (χ0v) is 15.3. The molecule has 2 heterocycles. The highest BCUT2D eigenvalue weighted by Crippen LogP contribution is 2.26. The molecule has 2 aromatic rings. The molecular formula is C18H18ClF4N3O2. The summed E-state index contributed by atoms with van der Waals surface area (Å²) < 4.78 is 55.9. The van der Waals surface area contributed by atoms with Crippen LogP contribution in [0, 0.1) is 5.82 Å². The fourth-order valence-electron chi connectivity index (χ4n) is 2.81. The molecule has 1 aromatic heterocycles. The normalized spacial score (nSPS) is 18.6. The number of ether oxygens (including phenoxy) is 1. The molecule has 28 heavy (non-hydrogen) atoms. The fraction of sp³-hybridized carbons (Fsp3) is 0.333. The van der Waals surface area contributed by atoms with E-state index < -0.39 is 24.6 Å². The van der Waals surface area contributed by atoms with Crippen LogP contribution in [0.25, 0.3) is 11.1 Å². The summed E-state index contributed by atoms with van der Waals surface area (Å²) in [6.45, 7) is -2.75. The molecule has 1 fully saturated rings. The lowest BCUT2D eigenvalue weighted by molar-refractivity contribution is -0.123. The lowest BCUT2D eigenvalue weighted by Crippen LogP contribution is -2.40. The molecule has 152 valence electrons. The minimum atomic E-state index is -2.94. The van der Waals surface area contributed by atoms with Gasteiger partial charge in [0.1, 0.15) is 17.7 Å². The van der Waals surface area contributed by atoms with Crippen LogP contribution in [0.2, 0.25) is 0 Å². The second-order valence-corrected chi connectivity index (χ2v) is 6.07. The Hall–Kier alpha value is -2.39. The standard InChI is InChI=1S/C18H17F4N3O2.ClH/c19-11-5-16(24-7-11)17(26)25-8-12-6-14(15(20)9-23-12)10-1-3-13(4-2-10)27-18(21)22;/h1-4,6,9,11,16,18,24H,5,7-8H2,(H,25,26);1H. The van der Waals surface area contributed by atoms with Crippen molar-refractivity contribution in [3.8, 4) is 16.9 Å². The molecule has 2 atom stereocenters. The van der Waals surface area contributed by atoms with Crippen molar-refractivity contribution in [1.29, 1.82) is 0 Å². The van der Waals surface area contributed by atoms with E-state index in [4.69, 9.17) is 0 Å². The van der Waals surface area contributed by atoms with E-state index in [1.54, 1.807) is 0 Å². The van der Waals surface area contributed by atoms with Gasteiger partial charge in [0.25, 0.3) is 0 Å². The van der Waals surface area contributed by atoms with Gasteiger partial charge in [-0.1, -0.05) is 12.1 Å². The average Bonchev–Trinajstić information content (AvgIpc) is 3.07. The van der Waals surface area contributed by atoms with Gasteiger partial charge in [-0.25, -0.2) is 8.78 Å². The first kappa shape index (κ1) is 21.9. The monoisotopic (exact) mass is 419 g/mol. The Morgan fingerprint density at radius 2 is 2.04 bits per heavy atom. The highest BCUT2D eigenvalue weighted by Gasteiger charge is 2.28. The molecule has 0 aliphatic carbocycles. The van der Waals surface area contributed by atoms with Gasteiger partial charge in [-0.15, -0.1) is 12.4 Å². The number of alkyl halides is 3. The van der Waals surface area contributed by atoms with E-state index in [2.05, 4.69) is 20.4 Å². The molecule has 0 saturated carbocycles. The van der Waals surface area contributed by atoms with Gasteiger partial charge in [0.15, 0.2) is 0 Å². The van der Waals surface area contributed by atoms with Crippen LogP contribution in [0.15, 0.2) is 36.5 Å². The largest absolute Gasteiger partial charge is 0.435 e. The van der Waals surface area contributed by atoms with E-state index >= 15 is 0 Å². The highest BCUT2D eigenvalue weighted by atomic mass is 35.5. The Labute approximate surface area is 164 Å². The van der Waals surface area contributed by atoms with Crippen molar-refractivity contribution in [2.24, 2.45) is 0 Å². The summed E-state index contributed by atoms with van der Waals surface area (Å²) in [5, 5.41) is 5.41. The number of hydrogen-bond acceptors (Lipinski definition) is 4. The number of benzene rings is 1. The van der Waals surface area contributed by atoms with E-state index in [0.29, 0.717) is 11.3 Å². The van der Waals surface area contributed by atoms with E-state index in [1.165, 1.54) is 30.3 Å². The third-order valence-corrected chi connectivity index (χ3v) is 4.14. The minimum absolute atomic E-state index is 0. The Morgan fingerprint density at radius 1 is 1.32 bits per heavy atom. The van der Waals surface area contributed by atoms with E-state index in [1.807, 2.05) is 0 Å². The Bertz CT molecular complexity index is 808. The molecule has 0 radical (unpaired) electrons. The van der Waals surface area contributed by atoms with Crippen molar-refractivity contribution in [2.45, 2.75) is 31.8 Å². The SMILES string of the molecule is Cl.O=C(NCc1cc(-c2ccc(OC(F)F)cc2)c(F)cn1)C1CC(F)CN1. The fourth-order valence-corrected chi connectivity index (χ4v) is 2.81. The predicted molar refractivity (Wildman–Crippen MR) is 96.7 cm³/mol. The third-order valence-electron chi connectivity index (χ3n) is 4.14. The molecule has 1 aromatic carbocycles. The number of pyridine rings is 1. The first-order valence-corrected chi connectivity index (χ1v) is 8.27. The van der Waals surface area contributed by atoms with Crippen molar-refractivity contribution in [1.82, 2.24) is 15.6 Å². The highest BCUT2D eigenvalue weighted by molar-refractivity contribution is 5.85. The van der Waals surface area contributed by atoms with E-state index in [9.17, 15) is 22.4 Å². The van der Waals surface area contributed by atoms with Crippen LogP contribution in [0.1, 0.15) is 12.1 Å². The van der Waals surface area contributed by atoms with Crippen molar-refractivity contribution in [3.05, 3.63) is 48.0 Å². The first-order chi connectivity index (χ1) is 12.9. The van der Waals surface area contributed by atoms with Gasteiger partial charge in [-0.2, -0.15) is 8.78 Å². The van der Waals surface area contributed by atoms with Crippen molar-refractivity contribution < 1.29 is 27.1 Å². The molecule has 0 spiro atoms. The van der Waals surface area contributed by atoms with Crippen LogP contribution < -0.4 is 15.4 Å². The molecule has 3 rings (SSSR count). The number of carbonyl (C=O) groups is 1. The topological polar surface area (TPSA) is 63.2 Å². The number of nitrogens with one attached hydrogen (secondary N) is 2. The van der Waals surface area contributed by atoms with Crippen LogP contribution in [0.3, 0.4) is 0 Å². The average molecular weight is 420 g/mol. The zero-order valence-electron chi connectivity index (χ0n) is 14.5. The summed E-state index contributed by atoms with van der Waals surface area (Å²) in [6, 6.07) is 6.37. The van der Waals surface area contributed by atoms with Gasteiger partial charge in [0.2, 0.25) is 5.91 Å².